The highest BCUT2D eigenvalue weighted by atomic mass is 35.7. The van der Waals surface area contributed by atoms with Crippen LogP contribution in [0.15, 0.2) is 0 Å². The molecule has 0 aromatic carbocycles. The standard InChI is InChI=1S/C16H24N8O8.4Al.8ClH/c25-9-10(26)19-3-4-21-13(29)14(30)23-7-8-24-16(32)15(31)22-6-5-20-12(28)11(27)18-2-1-17-9;;;;;;;;;;;;/h1-8H2,(H,17,25)(H,18,27)(H,19,26)(H,20,28)(H,21,29)(H,22,31)(H,23,30)(H,24,32);;;;;8*1H/q;4*+2;;;;;;;;/p-8. The number of hydrogen-bond donors (Lipinski definition) is 8. The maximum Gasteiger partial charge on any atom is 0.495 e. The van der Waals surface area contributed by atoms with Gasteiger partial charge in [0.15, 0.2) is 0 Å². The van der Waals surface area contributed by atoms with Crippen LogP contribution in [0, 0.1) is 0 Å². The van der Waals surface area contributed by atoms with Gasteiger partial charge in [0.25, 0.3) is 0 Å². The summed E-state index contributed by atoms with van der Waals surface area (Å²) < 4.78 is 0. The van der Waals surface area contributed by atoms with Crippen LogP contribution in [0.4, 0.5) is 0 Å². The van der Waals surface area contributed by atoms with Gasteiger partial charge in [0.2, 0.25) is 0 Å². The maximum atomic E-state index is 11.6. The lowest BCUT2D eigenvalue weighted by Crippen LogP contribution is -2.49. The van der Waals surface area contributed by atoms with E-state index < -0.39 is 47.3 Å². The average Bonchev–Trinajstić information content (AvgIpc) is 2.98. The second-order valence-corrected chi connectivity index (χ2v) is 15.0. The van der Waals surface area contributed by atoms with Crippen molar-refractivity contribution >= 4 is 181 Å². The van der Waals surface area contributed by atoms with E-state index in [1.54, 1.807) is 0 Å². The van der Waals surface area contributed by atoms with Crippen molar-refractivity contribution in [2.45, 2.75) is 0 Å². The summed E-state index contributed by atoms with van der Waals surface area (Å²) in [4.78, 5) is 92.8. The number of nitrogens with one attached hydrogen (secondary N) is 8. The summed E-state index contributed by atoms with van der Waals surface area (Å²) >= 11 is -1.22. The largest absolute Gasteiger partial charge is 0.495 e. The topological polar surface area (TPSA) is 233 Å². The lowest BCUT2D eigenvalue weighted by molar-refractivity contribution is -0.140. The lowest BCUT2D eigenvalue weighted by atomic mass is 10.4. The van der Waals surface area contributed by atoms with Gasteiger partial charge in [-0.15, -0.1) is 0 Å². The van der Waals surface area contributed by atoms with E-state index in [-0.39, 0.29) is 106 Å². The molecule has 1 fully saturated rings. The summed E-state index contributed by atoms with van der Waals surface area (Å²) in [5, 5.41) is 17.7. The van der Waals surface area contributed by atoms with Gasteiger partial charge in [0, 0.05) is 52.4 Å². The highest BCUT2D eigenvalue weighted by Crippen LogP contribution is 1.76. The molecule has 1 aliphatic rings. The molecule has 4 radical (unpaired) electrons. The van der Waals surface area contributed by atoms with Gasteiger partial charge in [-0.2, -0.15) is 0 Å². The third kappa shape index (κ3) is 36.7. The molecule has 8 amide bonds. The molecule has 1 aliphatic heterocycles. The van der Waals surface area contributed by atoms with Crippen molar-refractivity contribution in [3.05, 3.63) is 0 Å². The van der Waals surface area contributed by atoms with Crippen molar-refractivity contribution < 1.29 is 38.4 Å². The van der Waals surface area contributed by atoms with Crippen LogP contribution in [0.25, 0.3) is 0 Å². The first kappa shape index (κ1) is 51.1. The first-order valence-corrected chi connectivity index (χ1v) is 25.2. The lowest BCUT2D eigenvalue weighted by Gasteiger charge is -2.10. The van der Waals surface area contributed by atoms with Gasteiger partial charge in [-0.3, -0.25) is 38.4 Å². The summed E-state index contributed by atoms with van der Waals surface area (Å²) in [5.74, 6) is -8.00. The van der Waals surface area contributed by atoms with Crippen molar-refractivity contribution in [3.63, 3.8) is 0 Å². The van der Waals surface area contributed by atoms with Crippen molar-refractivity contribution in [2.24, 2.45) is 0 Å². The molecule has 0 aromatic heterocycles. The quantitative estimate of drug-likeness (QED) is 0.0919. The minimum absolute atomic E-state index is 0.145. The number of carbonyl (C=O) groups excluding carboxylic acids is 8. The van der Waals surface area contributed by atoms with Crippen LogP contribution in [0.5, 0.6) is 0 Å². The zero-order valence-corrected chi connectivity index (χ0v) is 32.9. The summed E-state index contributed by atoms with van der Waals surface area (Å²) in [5.41, 5.74) is 0. The average molecular weight is 848 g/mol. The Hall–Kier alpha value is 0.210. The molecule has 1 rings (SSSR count). The van der Waals surface area contributed by atoms with Gasteiger partial charge < -0.3 is 42.5 Å². The van der Waals surface area contributed by atoms with Gasteiger partial charge in [0.05, 0.1) is 0 Å². The van der Waals surface area contributed by atoms with Crippen LogP contribution < -0.4 is 42.5 Å². The van der Waals surface area contributed by atoms with Crippen LogP contribution in [0.3, 0.4) is 0 Å². The van der Waals surface area contributed by atoms with Crippen LogP contribution >= 0.6 is 80.4 Å². The molecule has 1 heterocycles. The smallest absolute Gasteiger partial charge is 0.346 e. The Kier molecular flexibility index (Phi) is 45.7. The SMILES string of the molecule is O=C1NCCNC(=O)C(=O)NCCNC(=O)C(=O)NCCNC(=O)C(=O)NCCNC1=O.[Cl][Al][Cl].[Cl][Al][Cl].[Cl][Al][Cl].[Cl][Al][Cl]. The molecule has 0 atom stereocenters. The molecule has 16 nitrogen and oxygen atoms in total. The Morgan fingerprint density at radius 3 is 0.409 bits per heavy atom. The van der Waals surface area contributed by atoms with Crippen LogP contribution in [-0.2, 0) is 38.4 Å². The Morgan fingerprint density at radius 1 is 0.273 bits per heavy atom. The second kappa shape index (κ2) is 39.4. The fraction of sp³-hybridized carbons (Fsp3) is 0.500. The third-order valence-corrected chi connectivity index (χ3v) is 3.61. The Bertz CT molecular complexity index is 692. The molecular weight excluding hydrogens is 824 g/mol. The minimum Gasteiger partial charge on any atom is -0.346 e. The molecule has 44 heavy (non-hydrogen) atoms. The molecular formula is C16H24Al4Cl8N8O8. The van der Waals surface area contributed by atoms with E-state index in [1.165, 1.54) is 0 Å². The summed E-state index contributed by atoms with van der Waals surface area (Å²) in [6.07, 6.45) is 0. The number of rotatable bonds is 0. The van der Waals surface area contributed by atoms with E-state index in [1.807, 2.05) is 0 Å². The second-order valence-electron chi connectivity index (χ2n) is 6.38. The van der Waals surface area contributed by atoms with Gasteiger partial charge in [-0.25, -0.2) is 80.4 Å². The van der Waals surface area contributed by atoms with Gasteiger partial charge in [-0.1, -0.05) is 0 Å². The fourth-order valence-electron chi connectivity index (χ4n) is 2.05. The fourth-order valence-corrected chi connectivity index (χ4v) is 2.05. The van der Waals surface area contributed by atoms with Crippen molar-refractivity contribution in [1.29, 1.82) is 0 Å². The predicted octanol–water partition coefficient (Wildman–Crippen LogP) is -3.08. The maximum absolute atomic E-state index is 11.6. The van der Waals surface area contributed by atoms with Crippen molar-refractivity contribution in [1.82, 2.24) is 42.5 Å². The van der Waals surface area contributed by atoms with Crippen molar-refractivity contribution in [3.8, 4) is 0 Å². The highest BCUT2D eigenvalue weighted by Gasteiger charge is 2.17. The molecule has 8 N–H and O–H groups in total. The Balaban J connectivity index is -0.000000572. The van der Waals surface area contributed by atoms with E-state index in [0.717, 1.165) is 0 Å². The molecule has 0 saturated carbocycles. The Labute approximate surface area is 311 Å². The normalized spacial score (nSPS) is 15.5. The molecule has 0 bridgehead atoms. The number of carbonyl (C=O) groups is 8. The van der Waals surface area contributed by atoms with Crippen LogP contribution in [0.1, 0.15) is 0 Å². The third-order valence-electron chi connectivity index (χ3n) is 3.61. The molecule has 1 saturated heterocycles. The highest BCUT2D eigenvalue weighted by molar-refractivity contribution is 7.23. The van der Waals surface area contributed by atoms with E-state index in [2.05, 4.69) is 42.5 Å². The monoisotopic (exact) mass is 844 g/mol. The summed E-state index contributed by atoms with van der Waals surface area (Å²) in [6.45, 7) is -1.16. The Morgan fingerprint density at radius 2 is 0.341 bits per heavy atom. The number of halogens is 8. The number of amides is 8. The molecule has 28 heteroatoms. The first-order chi connectivity index (χ1) is 20.9. The van der Waals surface area contributed by atoms with E-state index >= 15 is 0 Å². The molecule has 0 unspecified atom stereocenters. The zero-order valence-electron chi connectivity index (χ0n) is 22.3. The van der Waals surface area contributed by atoms with Crippen LogP contribution in [-0.4, -0.2) is 153 Å². The van der Waals surface area contributed by atoms with Gasteiger partial charge in [-0.05, 0) is 0 Å². The van der Waals surface area contributed by atoms with E-state index in [4.69, 9.17) is 80.4 Å². The first-order valence-electron chi connectivity index (χ1n) is 11.2. The van der Waals surface area contributed by atoms with Crippen molar-refractivity contribution in [2.75, 3.05) is 52.4 Å². The summed E-state index contributed by atoms with van der Waals surface area (Å²) in [7, 11) is 38.8. The van der Waals surface area contributed by atoms with Crippen LogP contribution in [0.2, 0.25) is 0 Å². The van der Waals surface area contributed by atoms with Gasteiger partial charge in [0.1, 0.15) is 0 Å². The molecule has 0 aliphatic carbocycles. The zero-order chi connectivity index (χ0) is 34.8. The molecule has 0 spiro atoms. The predicted molar refractivity (Wildman–Crippen MR) is 174 cm³/mol. The van der Waals surface area contributed by atoms with Gasteiger partial charge >= 0.3 is 101 Å². The van der Waals surface area contributed by atoms with E-state index in [9.17, 15) is 38.4 Å². The van der Waals surface area contributed by atoms with E-state index in [0.29, 0.717) is 0 Å². The minimum atomic E-state index is -1.000. The summed E-state index contributed by atoms with van der Waals surface area (Å²) in [6, 6.07) is 0. The molecule has 244 valence electrons. The molecule has 0 aromatic rings. The number of hydrogen-bond acceptors (Lipinski definition) is 8.